The fourth-order valence-electron chi connectivity index (χ4n) is 0.947. The molecule has 0 rings (SSSR count). The molecule has 68 valence electrons. The van der Waals surface area contributed by atoms with E-state index in [4.69, 9.17) is 5.11 Å². The standard InChI is InChI=1S/C7H15F2NO/c1-2-3-10(4-5-11)6-7(8)9/h7,11H,2-6H2,1H3. The molecule has 0 heterocycles. The molecule has 0 aliphatic heterocycles. The largest absolute Gasteiger partial charge is 0.395 e. The first-order valence-corrected chi connectivity index (χ1v) is 3.82. The van der Waals surface area contributed by atoms with Crippen molar-refractivity contribution in [1.82, 2.24) is 4.90 Å². The summed E-state index contributed by atoms with van der Waals surface area (Å²) in [5, 5.41) is 8.49. The van der Waals surface area contributed by atoms with Gasteiger partial charge in [0, 0.05) is 6.54 Å². The van der Waals surface area contributed by atoms with Crippen molar-refractivity contribution in [1.29, 1.82) is 0 Å². The minimum Gasteiger partial charge on any atom is -0.395 e. The number of aliphatic hydroxyl groups is 1. The Morgan fingerprint density at radius 1 is 1.36 bits per heavy atom. The van der Waals surface area contributed by atoms with Crippen molar-refractivity contribution >= 4 is 0 Å². The number of alkyl halides is 2. The smallest absolute Gasteiger partial charge is 0.251 e. The second kappa shape index (κ2) is 6.49. The number of hydrogen-bond donors (Lipinski definition) is 1. The number of halogens is 2. The van der Waals surface area contributed by atoms with Crippen LogP contribution in [0.3, 0.4) is 0 Å². The van der Waals surface area contributed by atoms with Crippen LogP contribution in [0.1, 0.15) is 13.3 Å². The lowest BCUT2D eigenvalue weighted by atomic mass is 10.4. The molecule has 0 unspecified atom stereocenters. The van der Waals surface area contributed by atoms with Crippen molar-refractivity contribution in [3.05, 3.63) is 0 Å². The molecule has 0 saturated heterocycles. The summed E-state index contributed by atoms with van der Waals surface area (Å²) in [6.07, 6.45) is -1.46. The zero-order valence-electron chi connectivity index (χ0n) is 6.76. The Bertz CT molecular complexity index is 84.5. The van der Waals surface area contributed by atoms with Gasteiger partial charge in [0.1, 0.15) is 0 Å². The maximum Gasteiger partial charge on any atom is 0.251 e. The van der Waals surface area contributed by atoms with Crippen molar-refractivity contribution in [2.24, 2.45) is 0 Å². The van der Waals surface area contributed by atoms with E-state index < -0.39 is 6.43 Å². The minimum absolute atomic E-state index is 0.0489. The summed E-state index contributed by atoms with van der Waals surface area (Å²) in [5.41, 5.74) is 0. The maximum absolute atomic E-state index is 11.8. The van der Waals surface area contributed by atoms with Gasteiger partial charge in [-0.1, -0.05) is 6.92 Å². The average Bonchev–Trinajstić information content (AvgIpc) is 1.87. The first-order chi connectivity index (χ1) is 5.20. The van der Waals surface area contributed by atoms with Crippen LogP contribution in [0.25, 0.3) is 0 Å². The van der Waals surface area contributed by atoms with Crippen molar-refractivity contribution < 1.29 is 13.9 Å². The minimum atomic E-state index is -2.30. The third-order valence-corrected chi connectivity index (χ3v) is 1.35. The van der Waals surface area contributed by atoms with Crippen LogP contribution in [0.2, 0.25) is 0 Å². The van der Waals surface area contributed by atoms with Crippen molar-refractivity contribution in [2.45, 2.75) is 19.8 Å². The van der Waals surface area contributed by atoms with Gasteiger partial charge >= 0.3 is 0 Å². The molecular weight excluding hydrogens is 152 g/mol. The predicted octanol–water partition coefficient (Wildman–Crippen LogP) is 0.956. The molecule has 0 aliphatic rings. The van der Waals surface area contributed by atoms with Gasteiger partial charge in [0.15, 0.2) is 0 Å². The molecule has 0 bridgehead atoms. The summed E-state index contributed by atoms with van der Waals surface area (Å²) in [6, 6.07) is 0. The fourth-order valence-corrected chi connectivity index (χ4v) is 0.947. The van der Waals surface area contributed by atoms with Crippen LogP contribution < -0.4 is 0 Å². The molecule has 0 spiro atoms. The third kappa shape index (κ3) is 6.19. The average molecular weight is 167 g/mol. The molecule has 0 amide bonds. The Kier molecular flexibility index (Phi) is 6.36. The van der Waals surface area contributed by atoms with Crippen LogP contribution in [-0.4, -0.2) is 42.7 Å². The van der Waals surface area contributed by atoms with Gasteiger partial charge < -0.3 is 5.11 Å². The molecular formula is C7H15F2NO. The molecule has 0 radical (unpaired) electrons. The van der Waals surface area contributed by atoms with Gasteiger partial charge in [0.05, 0.1) is 13.2 Å². The molecule has 0 atom stereocenters. The van der Waals surface area contributed by atoms with Gasteiger partial charge in [-0.2, -0.15) is 0 Å². The normalized spacial score (nSPS) is 11.5. The number of rotatable bonds is 6. The lowest BCUT2D eigenvalue weighted by Gasteiger charge is -2.19. The van der Waals surface area contributed by atoms with Crippen LogP contribution in [0, 0.1) is 0 Å². The molecule has 0 aromatic carbocycles. The van der Waals surface area contributed by atoms with Gasteiger partial charge in [-0.15, -0.1) is 0 Å². The highest BCUT2D eigenvalue weighted by Crippen LogP contribution is 1.98. The number of nitrogens with zero attached hydrogens (tertiary/aromatic N) is 1. The highest BCUT2D eigenvalue weighted by Gasteiger charge is 2.09. The first kappa shape index (κ1) is 10.8. The highest BCUT2D eigenvalue weighted by molar-refractivity contribution is 4.56. The second-order valence-corrected chi connectivity index (χ2v) is 2.42. The van der Waals surface area contributed by atoms with E-state index in [1.54, 1.807) is 4.90 Å². The second-order valence-electron chi connectivity index (χ2n) is 2.42. The van der Waals surface area contributed by atoms with E-state index in [9.17, 15) is 8.78 Å². The Hall–Kier alpha value is -0.220. The van der Waals surface area contributed by atoms with E-state index in [1.165, 1.54) is 0 Å². The Labute approximate surface area is 65.8 Å². The van der Waals surface area contributed by atoms with E-state index in [1.807, 2.05) is 6.92 Å². The van der Waals surface area contributed by atoms with Gasteiger partial charge in [-0.25, -0.2) is 8.78 Å². The lowest BCUT2D eigenvalue weighted by molar-refractivity contribution is 0.0784. The molecule has 4 heteroatoms. The Morgan fingerprint density at radius 3 is 2.36 bits per heavy atom. The summed E-state index contributed by atoms with van der Waals surface area (Å²) in [4.78, 5) is 1.56. The molecule has 1 N–H and O–H groups in total. The predicted molar refractivity (Wildman–Crippen MR) is 39.8 cm³/mol. The molecule has 2 nitrogen and oxygen atoms in total. The van der Waals surface area contributed by atoms with Crippen molar-refractivity contribution in [3.8, 4) is 0 Å². The van der Waals surface area contributed by atoms with Crippen molar-refractivity contribution in [2.75, 3.05) is 26.2 Å². The van der Waals surface area contributed by atoms with E-state index in [0.29, 0.717) is 13.1 Å². The van der Waals surface area contributed by atoms with E-state index >= 15 is 0 Å². The monoisotopic (exact) mass is 167 g/mol. The van der Waals surface area contributed by atoms with Gasteiger partial charge in [-0.3, -0.25) is 4.90 Å². The van der Waals surface area contributed by atoms with Crippen LogP contribution in [-0.2, 0) is 0 Å². The maximum atomic E-state index is 11.8. The van der Waals surface area contributed by atoms with E-state index in [-0.39, 0.29) is 13.2 Å². The molecule has 0 fully saturated rings. The number of aliphatic hydroxyl groups excluding tert-OH is 1. The van der Waals surface area contributed by atoms with Crippen molar-refractivity contribution in [3.63, 3.8) is 0 Å². The van der Waals surface area contributed by atoms with Gasteiger partial charge in [-0.05, 0) is 13.0 Å². The Morgan fingerprint density at radius 2 is 2.00 bits per heavy atom. The first-order valence-electron chi connectivity index (χ1n) is 3.82. The van der Waals surface area contributed by atoms with E-state index in [2.05, 4.69) is 0 Å². The van der Waals surface area contributed by atoms with Crippen LogP contribution >= 0.6 is 0 Å². The topological polar surface area (TPSA) is 23.5 Å². The summed E-state index contributed by atoms with van der Waals surface area (Å²) >= 11 is 0. The van der Waals surface area contributed by atoms with Gasteiger partial charge in [0.2, 0.25) is 0 Å². The molecule has 0 aromatic rings. The van der Waals surface area contributed by atoms with Gasteiger partial charge in [0.25, 0.3) is 6.43 Å². The van der Waals surface area contributed by atoms with E-state index in [0.717, 1.165) is 6.42 Å². The summed E-state index contributed by atoms with van der Waals surface area (Å²) in [5.74, 6) is 0. The lowest BCUT2D eigenvalue weighted by Crippen LogP contribution is -2.32. The SMILES string of the molecule is CCCN(CCO)CC(F)F. The zero-order chi connectivity index (χ0) is 8.69. The fraction of sp³-hybridized carbons (Fsp3) is 1.00. The molecule has 11 heavy (non-hydrogen) atoms. The zero-order valence-corrected chi connectivity index (χ0v) is 6.76. The molecule has 0 saturated carbocycles. The number of hydrogen-bond acceptors (Lipinski definition) is 2. The van der Waals surface area contributed by atoms with Crippen LogP contribution in [0.4, 0.5) is 8.78 Å². The Balaban J connectivity index is 3.50. The summed E-state index contributed by atoms with van der Waals surface area (Å²) in [6.45, 7) is 2.63. The van der Waals surface area contributed by atoms with Crippen LogP contribution in [0.15, 0.2) is 0 Å². The highest BCUT2D eigenvalue weighted by atomic mass is 19.3. The van der Waals surface area contributed by atoms with Crippen LogP contribution in [0.5, 0.6) is 0 Å². The third-order valence-electron chi connectivity index (χ3n) is 1.35. The molecule has 0 aromatic heterocycles. The quantitative estimate of drug-likeness (QED) is 0.636. The summed E-state index contributed by atoms with van der Waals surface area (Å²) < 4.78 is 23.6. The molecule has 0 aliphatic carbocycles. The summed E-state index contributed by atoms with van der Waals surface area (Å²) in [7, 11) is 0.